The van der Waals surface area contributed by atoms with E-state index in [9.17, 15) is 0 Å². The van der Waals surface area contributed by atoms with Crippen LogP contribution in [0.15, 0.2) is 54.6 Å². The van der Waals surface area contributed by atoms with Gasteiger partial charge < -0.3 is 19.7 Å². The van der Waals surface area contributed by atoms with E-state index in [1.165, 1.54) is 17.7 Å². The van der Waals surface area contributed by atoms with Gasteiger partial charge in [0, 0.05) is 5.56 Å². The van der Waals surface area contributed by atoms with Crippen LogP contribution < -0.4 is 15.0 Å². The quantitative estimate of drug-likeness (QED) is 0.682. The molecule has 0 unspecified atom stereocenters. The Labute approximate surface area is 144 Å². The lowest BCUT2D eigenvalue weighted by Gasteiger charge is -2.22. The van der Waals surface area contributed by atoms with Gasteiger partial charge in [0.1, 0.15) is 45.1 Å². The summed E-state index contributed by atoms with van der Waals surface area (Å²) in [7, 11) is 0. The van der Waals surface area contributed by atoms with Gasteiger partial charge in [-0.2, -0.15) is 0 Å². The fraction of sp³-hybridized carbons (Fsp3) is 0.400. The fourth-order valence-electron chi connectivity index (χ4n) is 2.99. The van der Waals surface area contributed by atoms with Gasteiger partial charge in [0.15, 0.2) is 0 Å². The van der Waals surface area contributed by atoms with E-state index in [4.69, 9.17) is 9.47 Å². The Hall–Kier alpha value is -1.88. The van der Waals surface area contributed by atoms with E-state index in [2.05, 4.69) is 35.6 Å². The lowest BCUT2D eigenvalue weighted by Crippen LogP contribution is -3.16. The van der Waals surface area contributed by atoms with E-state index >= 15 is 0 Å². The van der Waals surface area contributed by atoms with Crippen LogP contribution in [0.5, 0.6) is 5.75 Å². The number of benzene rings is 2. The van der Waals surface area contributed by atoms with Gasteiger partial charge >= 0.3 is 0 Å². The molecule has 4 heteroatoms. The molecule has 0 radical (unpaired) electrons. The van der Waals surface area contributed by atoms with Crippen molar-refractivity contribution < 1.29 is 19.7 Å². The number of quaternary nitrogens is 2. The molecule has 1 heterocycles. The summed E-state index contributed by atoms with van der Waals surface area (Å²) in [4.78, 5) is 1.66. The van der Waals surface area contributed by atoms with Crippen LogP contribution in [0.1, 0.15) is 11.1 Å². The van der Waals surface area contributed by atoms with E-state index in [0.717, 1.165) is 45.1 Å². The second-order valence-electron chi connectivity index (χ2n) is 6.32. The van der Waals surface area contributed by atoms with Crippen LogP contribution in [-0.4, -0.2) is 39.4 Å². The van der Waals surface area contributed by atoms with Gasteiger partial charge in [-0.1, -0.05) is 42.5 Å². The van der Waals surface area contributed by atoms with Crippen molar-refractivity contribution in [3.05, 3.63) is 65.7 Å². The van der Waals surface area contributed by atoms with Crippen LogP contribution in [0.4, 0.5) is 0 Å². The average molecular weight is 328 g/mol. The molecule has 0 saturated carbocycles. The molecular weight excluding hydrogens is 300 g/mol. The van der Waals surface area contributed by atoms with Crippen LogP contribution in [0, 0.1) is 0 Å². The SMILES string of the molecule is c1ccc(COc2cccc(C[NH2+]CC[NH+]3CCOCC3)c2)cc1. The van der Waals surface area contributed by atoms with E-state index in [1.54, 1.807) is 4.90 Å². The number of nitrogens with two attached hydrogens (primary N) is 1. The molecule has 0 atom stereocenters. The summed E-state index contributed by atoms with van der Waals surface area (Å²) in [5, 5.41) is 2.39. The zero-order valence-electron chi connectivity index (χ0n) is 14.2. The molecule has 1 fully saturated rings. The largest absolute Gasteiger partial charge is 0.489 e. The van der Waals surface area contributed by atoms with Crippen molar-refractivity contribution in [1.82, 2.24) is 0 Å². The normalized spacial score (nSPS) is 15.3. The van der Waals surface area contributed by atoms with E-state index in [-0.39, 0.29) is 0 Å². The van der Waals surface area contributed by atoms with Crippen molar-refractivity contribution in [1.29, 1.82) is 0 Å². The van der Waals surface area contributed by atoms with Crippen molar-refractivity contribution in [3.63, 3.8) is 0 Å². The summed E-state index contributed by atoms with van der Waals surface area (Å²) in [6.07, 6.45) is 0. The molecule has 24 heavy (non-hydrogen) atoms. The lowest BCUT2D eigenvalue weighted by molar-refractivity contribution is -0.920. The van der Waals surface area contributed by atoms with Crippen LogP contribution >= 0.6 is 0 Å². The molecule has 0 spiro atoms. The fourth-order valence-corrected chi connectivity index (χ4v) is 2.99. The predicted molar refractivity (Wildman–Crippen MR) is 94.1 cm³/mol. The maximum atomic E-state index is 5.90. The number of ether oxygens (including phenoxy) is 2. The Morgan fingerprint density at radius 1 is 0.958 bits per heavy atom. The molecule has 3 rings (SSSR count). The standard InChI is InChI=1S/C20H26N2O2/c1-2-5-18(6-3-1)17-24-20-8-4-7-19(15-20)16-21-9-10-22-11-13-23-14-12-22/h1-8,15,21H,9-14,16-17H2/p+2. The van der Waals surface area contributed by atoms with Crippen LogP contribution in [0.3, 0.4) is 0 Å². The van der Waals surface area contributed by atoms with Crippen LogP contribution in [-0.2, 0) is 17.9 Å². The number of nitrogens with one attached hydrogen (secondary N) is 1. The molecule has 1 saturated heterocycles. The summed E-state index contributed by atoms with van der Waals surface area (Å²) >= 11 is 0. The van der Waals surface area contributed by atoms with E-state index in [1.807, 2.05) is 24.3 Å². The number of morpholine rings is 1. The molecule has 1 aliphatic rings. The monoisotopic (exact) mass is 328 g/mol. The van der Waals surface area contributed by atoms with E-state index in [0.29, 0.717) is 6.61 Å². The summed E-state index contributed by atoms with van der Waals surface area (Å²) in [5.41, 5.74) is 2.51. The zero-order chi connectivity index (χ0) is 16.5. The van der Waals surface area contributed by atoms with Gasteiger partial charge in [-0.15, -0.1) is 0 Å². The Bertz CT molecular complexity index is 598. The molecular formula is C20H28N2O2+2. The molecule has 0 aromatic heterocycles. The average Bonchev–Trinajstić information content (AvgIpc) is 2.66. The van der Waals surface area contributed by atoms with Gasteiger partial charge in [-0.3, -0.25) is 0 Å². The van der Waals surface area contributed by atoms with Crippen molar-refractivity contribution in [3.8, 4) is 5.75 Å². The first kappa shape index (κ1) is 17.0. The topological polar surface area (TPSA) is 39.5 Å². The Balaban J connectivity index is 1.39. The first-order valence-corrected chi connectivity index (χ1v) is 8.89. The van der Waals surface area contributed by atoms with Crippen molar-refractivity contribution >= 4 is 0 Å². The molecule has 0 bridgehead atoms. The Kier molecular flexibility index (Phi) is 6.66. The highest BCUT2D eigenvalue weighted by atomic mass is 16.5. The number of hydrogen-bond acceptors (Lipinski definition) is 2. The van der Waals surface area contributed by atoms with Crippen molar-refractivity contribution in [2.45, 2.75) is 13.2 Å². The molecule has 0 amide bonds. The highest BCUT2D eigenvalue weighted by molar-refractivity contribution is 5.28. The third-order valence-electron chi connectivity index (χ3n) is 4.43. The number of rotatable bonds is 8. The second-order valence-corrected chi connectivity index (χ2v) is 6.32. The molecule has 3 N–H and O–H groups in total. The van der Waals surface area contributed by atoms with Gasteiger partial charge in [0.25, 0.3) is 0 Å². The van der Waals surface area contributed by atoms with Crippen molar-refractivity contribution in [2.75, 3.05) is 39.4 Å². The smallest absolute Gasteiger partial charge is 0.127 e. The summed E-state index contributed by atoms with van der Waals surface area (Å²) in [6.45, 7) is 8.12. The lowest BCUT2D eigenvalue weighted by atomic mass is 10.2. The maximum absolute atomic E-state index is 5.90. The Morgan fingerprint density at radius 2 is 1.75 bits per heavy atom. The minimum Gasteiger partial charge on any atom is -0.489 e. The molecule has 1 aliphatic heterocycles. The summed E-state index contributed by atoms with van der Waals surface area (Å²) < 4.78 is 11.3. The molecule has 4 nitrogen and oxygen atoms in total. The molecule has 2 aromatic rings. The van der Waals surface area contributed by atoms with Gasteiger partial charge in [0.05, 0.1) is 13.2 Å². The second kappa shape index (κ2) is 9.42. The highest BCUT2D eigenvalue weighted by Gasteiger charge is 2.13. The van der Waals surface area contributed by atoms with Gasteiger partial charge in [0.2, 0.25) is 0 Å². The van der Waals surface area contributed by atoms with Gasteiger partial charge in [-0.25, -0.2) is 0 Å². The number of hydrogen-bond donors (Lipinski definition) is 2. The third-order valence-corrected chi connectivity index (χ3v) is 4.43. The summed E-state index contributed by atoms with van der Waals surface area (Å²) in [5.74, 6) is 0.948. The highest BCUT2D eigenvalue weighted by Crippen LogP contribution is 2.14. The van der Waals surface area contributed by atoms with Crippen LogP contribution in [0.2, 0.25) is 0 Å². The first-order valence-electron chi connectivity index (χ1n) is 8.89. The van der Waals surface area contributed by atoms with Gasteiger partial charge in [-0.05, 0) is 17.7 Å². The predicted octanol–water partition coefficient (Wildman–Crippen LogP) is 0.244. The minimum absolute atomic E-state index is 0.619. The minimum atomic E-state index is 0.619. The zero-order valence-corrected chi connectivity index (χ0v) is 14.2. The van der Waals surface area contributed by atoms with Crippen molar-refractivity contribution in [2.24, 2.45) is 0 Å². The molecule has 128 valence electrons. The first-order chi connectivity index (χ1) is 11.9. The van der Waals surface area contributed by atoms with E-state index < -0.39 is 0 Å². The molecule has 2 aromatic carbocycles. The molecule has 0 aliphatic carbocycles. The van der Waals surface area contributed by atoms with Crippen LogP contribution in [0.25, 0.3) is 0 Å². The Morgan fingerprint density at radius 3 is 2.58 bits per heavy atom. The third kappa shape index (κ3) is 5.64. The maximum Gasteiger partial charge on any atom is 0.127 e. The summed E-state index contributed by atoms with van der Waals surface area (Å²) in [6, 6.07) is 18.7.